The SMILES string of the molecule is CS(=O)(=O)Nc1cc2occ(C(=O)CBr)c(=O)c2cc1Oc1ccccc1. The summed E-state index contributed by atoms with van der Waals surface area (Å²) in [5, 5.41) is 0.0800. The van der Waals surface area contributed by atoms with Gasteiger partial charge in [-0.05, 0) is 18.2 Å². The zero-order chi connectivity index (χ0) is 19.6. The molecule has 27 heavy (non-hydrogen) atoms. The number of hydrogen-bond acceptors (Lipinski definition) is 6. The van der Waals surface area contributed by atoms with Crippen molar-refractivity contribution in [2.75, 3.05) is 16.3 Å². The second-order valence-electron chi connectivity index (χ2n) is 5.67. The molecule has 1 aromatic heterocycles. The third kappa shape index (κ3) is 4.37. The number of alkyl halides is 1. The minimum Gasteiger partial charge on any atom is -0.463 e. The molecule has 3 aromatic rings. The first kappa shape index (κ1) is 19.1. The largest absolute Gasteiger partial charge is 0.463 e. The normalized spacial score (nSPS) is 11.3. The smallest absolute Gasteiger partial charge is 0.229 e. The molecule has 0 aliphatic carbocycles. The molecule has 1 N–H and O–H groups in total. The lowest BCUT2D eigenvalue weighted by Gasteiger charge is -2.13. The highest BCUT2D eigenvalue weighted by molar-refractivity contribution is 9.09. The van der Waals surface area contributed by atoms with E-state index in [4.69, 9.17) is 9.15 Å². The molecule has 1 heterocycles. The minimum atomic E-state index is -3.61. The average Bonchev–Trinajstić information content (AvgIpc) is 2.62. The maximum atomic E-state index is 12.6. The molecule has 0 saturated carbocycles. The molecule has 0 aliphatic heterocycles. The van der Waals surface area contributed by atoms with Crippen LogP contribution in [0, 0.1) is 0 Å². The van der Waals surface area contributed by atoms with E-state index in [-0.39, 0.29) is 33.3 Å². The first-order chi connectivity index (χ1) is 12.8. The Morgan fingerprint density at radius 3 is 2.56 bits per heavy atom. The maximum Gasteiger partial charge on any atom is 0.229 e. The van der Waals surface area contributed by atoms with Crippen molar-refractivity contribution >= 4 is 48.4 Å². The van der Waals surface area contributed by atoms with Gasteiger partial charge in [0.25, 0.3) is 0 Å². The van der Waals surface area contributed by atoms with Gasteiger partial charge >= 0.3 is 0 Å². The second-order valence-corrected chi connectivity index (χ2v) is 7.98. The van der Waals surface area contributed by atoms with Crippen molar-refractivity contribution in [3.05, 3.63) is 64.5 Å². The van der Waals surface area contributed by atoms with Gasteiger partial charge in [-0.3, -0.25) is 14.3 Å². The fourth-order valence-electron chi connectivity index (χ4n) is 2.40. The number of ketones is 1. The number of para-hydroxylation sites is 1. The molecular weight excluding hydrogens is 438 g/mol. The fraction of sp³-hybridized carbons (Fsp3) is 0.111. The average molecular weight is 452 g/mol. The Morgan fingerprint density at radius 2 is 1.93 bits per heavy atom. The third-order valence-electron chi connectivity index (χ3n) is 3.56. The predicted molar refractivity (Wildman–Crippen MR) is 106 cm³/mol. The number of sulfonamides is 1. The van der Waals surface area contributed by atoms with Crippen LogP contribution in [0.3, 0.4) is 0 Å². The van der Waals surface area contributed by atoms with Crippen molar-refractivity contribution < 1.29 is 22.4 Å². The van der Waals surface area contributed by atoms with Crippen molar-refractivity contribution in [1.82, 2.24) is 0 Å². The van der Waals surface area contributed by atoms with E-state index >= 15 is 0 Å². The molecule has 0 saturated heterocycles. The summed E-state index contributed by atoms with van der Waals surface area (Å²) in [7, 11) is -3.61. The molecule has 0 unspecified atom stereocenters. The van der Waals surface area contributed by atoms with Crippen molar-refractivity contribution in [2.24, 2.45) is 0 Å². The van der Waals surface area contributed by atoms with Gasteiger partial charge in [0.05, 0.1) is 22.7 Å². The van der Waals surface area contributed by atoms with Crippen LogP contribution in [-0.2, 0) is 10.0 Å². The lowest BCUT2D eigenvalue weighted by Crippen LogP contribution is -2.16. The van der Waals surface area contributed by atoms with E-state index in [0.29, 0.717) is 5.75 Å². The summed E-state index contributed by atoms with van der Waals surface area (Å²) >= 11 is 3.02. The van der Waals surface area contributed by atoms with Gasteiger partial charge in [0.15, 0.2) is 11.5 Å². The number of hydrogen-bond donors (Lipinski definition) is 1. The summed E-state index contributed by atoms with van der Waals surface area (Å²) in [5.74, 6) is 0.134. The summed E-state index contributed by atoms with van der Waals surface area (Å²) in [6.45, 7) is 0. The molecule has 0 atom stereocenters. The zero-order valence-corrected chi connectivity index (χ0v) is 16.5. The topological polar surface area (TPSA) is 103 Å². The highest BCUT2D eigenvalue weighted by Gasteiger charge is 2.18. The van der Waals surface area contributed by atoms with Gasteiger partial charge in [-0.2, -0.15) is 0 Å². The van der Waals surface area contributed by atoms with Crippen molar-refractivity contribution in [3.8, 4) is 11.5 Å². The molecule has 2 aromatic carbocycles. The van der Waals surface area contributed by atoms with Gasteiger partial charge in [0.1, 0.15) is 23.2 Å². The maximum absolute atomic E-state index is 12.6. The number of rotatable bonds is 6. The van der Waals surface area contributed by atoms with Gasteiger partial charge in [0, 0.05) is 6.07 Å². The van der Waals surface area contributed by atoms with Gasteiger partial charge in [-0.15, -0.1) is 0 Å². The number of ether oxygens (including phenoxy) is 1. The lowest BCUT2D eigenvalue weighted by atomic mass is 10.1. The number of fused-ring (bicyclic) bond motifs is 1. The van der Waals surface area contributed by atoms with E-state index < -0.39 is 21.2 Å². The Hall–Kier alpha value is -2.65. The van der Waals surface area contributed by atoms with Crippen LogP contribution >= 0.6 is 15.9 Å². The molecule has 0 fully saturated rings. The van der Waals surface area contributed by atoms with Gasteiger partial charge in [0.2, 0.25) is 15.5 Å². The number of benzene rings is 2. The highest BCUT2D eigenvalue weighted by Crippen LogP contribution is 2.33. The lowest BCUT2D eigenvalue weighted by molar-refractivity contribution is 0.102. The van der Waals surface area contributed by atoms with Crippen LogP contribution in [0.25, 0.3) is 11.0 Å². The van der Waals surface area contributed by atoms with E-state index in [1.165, 1.54) is 12.1 Å². The number of halogens is 1. The van der Waals surface area contributed by atoms with E-state index in [9.17, 15) is 18.0 Å². The molecule has 0 bridgehead atoms. The van der Waals surface area contributed by atoms with Crippen LogP contribution in [0.1, 0.15) is 10.4 Å². The van der Waals surface area contributed by atoms with E-state index in [2.05, 4.69) is 20.7 Å². The summed E-state index contributed by atoms with van der Waals surface area (Å²) < 4.78 is 36.8. The van der Waals surface area contributed by atoms with Crippen LogP contribution in [0.4, 0.5) is 5.69 Å². The first-order valence-corrected chi connectivity index (χ1v) is 10.7. The Labute approximate surface area is 163 Å². The quantitative estimate of drug-likeness (QED) is 0.454. The summed E-state index contributed by atoms with van der Waals surface area (Å²) in [4.78, 5) is 24.5. The van der Waals surface area contributed by atoms with E-state index in [0.717, 1.165) is 12.5 Å². The van der Waals surface area contributed by atoms with E-state index in [1.54, 1.807) is 30.3 Å². The first-order valence-electron chi connectivity index (χ1n) is 7.68. The highest BCUT2D eigenvalue weighted by atomic mass is 79.9. The Kier molecular flexibility index (Phi) is 5.33. The van der Waals surface area contributed by atoms with E-state index in [1.807, 2.05) is 0 Å². The number of Topliss-reactive ketones (excluding diaryl/α,β-unsaturated/α-hetero) is 1. The molecule has 0 amide bonds. The second kappa shape index (κ2) is 7.53. The van der Waals surface area contributed by atoms with Crippen LogP contribution < -0.4 is 14.9 Å². The molecule has 9 heteroatoms. The molecule has 3 rings (SSSR count). The summed E-state index contributed by atoms with van der Waals surface area (Å²) in [6, 6.07) is 11.4. The Morgan fingerprint density at radius 1 is 1.22 bits per heavy atom. The van der Waals surface area contributed by atoms with Crippen LogP contribution in [0.2, 0.25) is 0 Å². The number of nitrogens with one attached hydrogen (secondary N) is 1. The molecular formula is C18H14BrNO6S. The third-order valence-corrected chi connectivity index (χ3v) is 4.66. The molecule has 0 radical (unpaired) electrons. The molecule has 7 nitrogen and oxygen atoms in total. The number of carbonyl (C=O) groups excluding carboxylic acids is 1. The zero-order valence-electron chi connectivity index (χ0n) is 14.1. The van der Waals surface area contributed by atoms with Crippen molar-refractivity contribution in [3.63, 3.8) is 0 Å². The molecule has 0 spiro atoms. The van der Waals surface area contributed by atoms with Crippen molar-refractivity contribution in [2.45, 2.75) is 0 Å². The Bertz CT molecular complexity index is 1170. The number of carbonyl (C=O) groups is 1. The number of anilines is 1. The van der Waals surface area contributed by atoms with Gasteiger partial charge < -0.3 is 9.15 Å². The summed E-state index contributed by atoms with van der Waals surface area (Å²) in [6.07, 6.45) is 2.06. The van der Waals surface area contributed by atoms with Crippen LogP contribution in [0.5, 0.6) is 11.5 Å². The fourth-order valence-corrected chi connectivity index (χ4v) is 3.26. The molecule has 140 valence electrons. The molecule has 0 aliphatic rings. The summed E-state index contributed by atoms with van der Waals surface area (Å²) in [5.41, 5.74) is -0.396. The Balaban J connectivity index is 2.21. The predicted octanol–water partition coefficient (Wildman–Crippen LogP) is 3.53. The standard InChI is InChI=1S/C18H14BrNO6S/c1-27(23,24)20-14-8-16-12(18(22)13(10-25-16)15(21)9-19)7-17(14)26-11-5-3-2-4-6-11/h2-8,10,20H,9H2,1H3. The van der Waals surface area contributed by atoms with Crippen LogP contribution in [0.15, 0.2) is 57.9 Å². The van der Waals surface area contributed by atoms with Gasteiger partial charge in [-0.25, -0.2) is 8.42 Å². The van der Waals surface area contributed by atoms with Crippen LogP contribution in [-0.4, -0.2) is 25.8 Å². The van der Waals surface area contributed by atoms with Gasteiger partial charge in [-0.1, -0.05) is 34.1 Å². The monoisotopic (exact) mass is 451 g/mol. The van der Waals surface area contributed by atoms with Crippen molar-refractivity contribution in [1.29, 1.82) is 0 Å². The minimum absolute atomic E-state index is 0.0235.